The van der Waals surface area contributed by atoms with Gasteiger partial charge >= 0.3 is 0 Å². The lowest BCUT2D eigenvalue weighted by atomic mass is 10.0. The molecule has 0 aromatic heterocycles. The number of carbonyl (C=O) groups is 2. The topological polar surface area (TPSA) is 69.6 Å². The number of carbonyl (C=O) groups excluding carboxylic acids is 2. The molecule has 2 rings (SSSR count). The van der Waals surface area contributed by atoms with Crippen molar-refractivity contribution >= 4 is 11.8 Å². The highest BCUT2D eigenvalue weighted by molar-refractivity contribution is 5.99. The standard InChI is InChI=1S/C20H24N2O3/c1-3-22(4-2)20(25)17(14-15-10-6-5-7-11-15)21-19(24)16-12-8-9-13-18(16)23/h5-13,17,23H,3-4,14H2,1-2H3,(H,21,24). The molecular formula is C20H24N2O3. The van der Waals surface area contributed by atoms with Crippen molar-refractivity contribution in [3.63, 3.8) is 0 Å². The van der Waals surface area contributed by atoms with E-state index < -0.39 is 11.9 Å². The molecule has 0 spiro atoms. The fourth-order valence-corrected chi connectivity index (χ4v) is 2.71. The van der Waals surface area contributed by atoms with Crippen LogP contribution in [0.3, 0.4) is 0 Å². The summed E-state index contributed by atoms with van der Waals surface area (Å²) in [6, 6.07) is 15.2. The molecule has 1 unspecified atom stereocenters. The summed E-state index contributed by atoms with van der Waals surface area (Å²) in [4.78, 5) is 27.0. The minimum Gasteiger partial charge on any atom is -0.507 e. The number of hydrogen-bond acceptors (Lipinski definition) is 3. The van der Waals surface area contributed by atoms with Crippen molar-refractivity contribution in [1.29, 1.82) is 0 Å². The van der Waals surface area contributed by atoms with E-state index in [-0.39, 0.29) is 17.2 Å². The van der Waals surface area contributed by atoms with Gasteiger partial charge < -0.3 is 15.3 Å². The Morgan fingerprint density at radius 2 is 1.60 bits per heavy atom. The fourth-order valence-electron chi connectivity index (χ4n) is 2.71. The highest BCUT2D eigenvalue weighted by Crippen LogP contribution is 2.16. The first-order chi connectivity index (χ1) is 12.1. The van der Waals surface area contributed by atoms with Gasteiger partial charge in [-0.1, -0.05) is 42.5 Å². The second-order valence-corrected chi connectivity index (χ2v) is 5.74. The molecule has 5 heteroatoms. The van der Waals surface area contributed by atoms with Crippen LogP contribution in [0.1, 0.15) is 29.8 Å². The molecule has 0 saturated carbocycles. The number of amides is 2. The van der Waals surface area contributed by atoms with Crippen LogP contribution in [-0.4, -0.2) is 41.0 Å². The van der Waals surface area contributed by atoms with Crippen molar-refractivity contribution in [2.45, 2.75) is 26.3 Å². The summed E-state index contributed by atoms with van der Waals surface area (Å²) in [6.45, 7) is 4.97. The van der Waals surface area contributed by atoms with Gasteiger partial charge in [0.15, 0.2) is 0 Å². The summed E-state index contributed by atoms with van der Waals surface area (Å²) in [7, 11) is 0. The molecule has 25 heavy (non-hydrogen) atoms. The fraction of sp³-hybridized carbons (Fsp3) is 0.300. The van der Waals surface area contributed by atoms with Crippen LogP contribution in [0.5, 0.6) is 5.75 Å². The Hall–Kier alpha value is -2.82. The molecule has 0 radical (unpaired) electrons. The minimum atomic E-state index is -0.686. The molecule has 2 N–H and O–H groups in total. The quantitative estimate of drug-likeness (QED) is 0.814. The second kappa shape index (κ2) is 8.87. The molecule has 2 aromatic rings. The summed E-state index contributed by atoms with van der Waals surface area (Å²) < 4.78 is 0. The lowest BCUT2D eigenvalue weighted by Gasteiger charge is -2.26. The normalized spacial score (nSPS) is 11.6. The third-order valence-electron chi connectivity index (χ3n) is 4.11. The molecule has 5 nitrogen and oxygen atoms in total. The highest BCUT2D eigenvalue weighted by Gasteiger charge is 2.26. The Morgan fingerprint density at radius 1 is 1.00 bits per heavy atom. The zero-order valence-corrected chi connectivity index (χ0v) is 14.6. The first kappa shape index (κ1) is 18.5. The van der Waals surface area contributed by atoms with Crippen molar-refractivity contribution in [3.05, 3.63) is 65.7 Å². The summed E-state index contributed by atoms with van der Waals surface area (Å²) in [5.74, 6) is -0.689. The summed E-state index contributed by atoms with van der Waals surface area (Å²) in [5, 5.41) is 12.6. The van der Waals surface area contributed by atoms with Gasteiger partial charge in [-0.05, 0) is 31.5 Å². The summed E-state index contributed by atoms with van der Waals surface area (Å²) in [6.07, 6.45) is 0.398. The maximum Gasteiger partial charge on any atom is 0.255 e. The van der Waals surface area contributed by atoms with E-state index in [0.29, 0.717) is 19.5 Å². The van der Waals surface area contributed by atoms with Crippen molar-refractivity contribution in [2.24, 2.45) is 0 Å². The van der Waals surface area contributed by atoms with Gasteiger partial charge in [-0.2, -0.15) is 0 Å². The number of para-hydroxylation sites is 1. The Labute approximate surface area is 148 Å². The van der Waals surface area contributed by atoms with Gasteiger partial charge in [0, 0.05) is 19.5 Å². The monoisotopic (exact) mass is 340 g/mol. The molecule has 2 aromatic carbocycles. The predicted molar refractivity (Wildman–Crippen MR) is 97.4 cm³/mol. The van der Waals surface area contributed by atoms with Crippen LogP contribution in [0, 0.1) is 0 Å². The van der Waals surface area contributed by atoms with Gasteiger partial charge in [-0.25, -0.2) is 0 Å². The molecule has 0 heterocycles. The molecule has 2 amide bonds. The smallest absolute Gasteiger partial charge is 0.255 e. The molecule has 1 atom stereocenters. The average Bonchev–Trinajstić information content (AvgIpc) is 2.63. The number of phenolic OH excluding ortho intramolecular Hbond substituents is 1. The van der Waals surface area contributed by atoms with Crippen LogP contribution in [0.2, 0.25) is 0 Å². The van der Waals surface area contributed by atoms with Crippen molar-refractivity contribution in [2.75, 3.05) is 13.1 Å². The number of hydrogen-bond donors (Lipinski definition) is 2. The molecule has 0 aliphatic rings. The average molecular weight is 340 g/mol. The van der Waals surface area contributed by atoms with E-state index in [1.54, 1.807) is 17.0 Å². The van der Waals surface area contributed by atoms with Crippen LogP contribution in [0.25, 0.3) is 0 Å². The first-order valence-electron chi connectivity index (χ1n) is 8.48. The SMILES string of the molecule is CCN(CC)C(=O)C(Cc1ccccc1)NC(=O)c1ccccc1O. The van der Waals surface area contributed by atoms with Gasteiger partial charge in [-0.3, -0.25) is 9.59 Å². The van der Waals surface area contributed by atoms with Gasteiger partial charge in [0.05, 0.1) is 5.56 Å². The van der Waals surface area contributed by atoms with Crippen LogP contribution < -0.4 is 5.32 Å². The van der Waals surface area contributed by atoms with Crippen molar-refractivity contribution in [3.8, 4) is 5.75 Å². The molecule has 0 aliphatic heterocycles. The van der Waals surface area contributed by atoms with Gasteiger partial charge in [-0.15, -0.1) is 0 Å². The summed E-state index contributed by atoms with van der Waals surface area (Å²) in [5.41, 5.74) is 1.12. The van der Waals surface area contributed by atoms with E-state index in [1.807, 2.05) is 44.2 Å². The number of nitrogens with zero attached hydrogens (tertiary/aromatic N) is 1. The van der Waals surface area contributed by atoms with Crippen LogP contribution >= 0.6 is 0 Å². The van der Waals surface area contributed by atoms with Gasteiger partial charge in [0.1, 0.15) is 11.8 Å². The predicted octanol–water partition coefficient (Wildman–Crippen LogP) is 2.60. The molecule has 0 saturated heterocycles. The maximum atomic E-state index is 12.8. The van der Waals surface area contributed by atoms with Gasteiger partial charge in [0.25, 0.3) is 5.91 Å². The lowest BCUT2D eigenvalue weighted by Crippen LogP contribution is -2.49. The number of rotatable bonds is 7. The van der Waals surface area contributed by atoms with Crippen LogP contribution in [-0.2, 0) is 11.2 Å². The number of nitrogens with one attached hydrogen (secondary N) is 1. The lowest BCUT2D eigenvalue weighted by molar-refractivity contribution is -0.132. The van der Waals surface area contributed by atoms with E-state index in [1.165, 1.54) is 12.1 Å². The van der Waals surface area contributed by atoms with E-state index in [9.17, 15) is 14.7 Å². The minimum absolute atomic E-state index is 0.103. The highest BCUT2D eigenvalue weighted by atomic mass is 16.3. The molecule has 0 fully saturated rings. The number of phenols is 1. The number of likely N-dealkylation sites (N-methyl/N-ethyl adjacent to an activating group) is 1. The molecule has 132 valence electrons. The Morgan fingerprint density at radius 3 is 2.20 bits per heavy atom. The Balaban J connectivity index is 2.23. The molecule has 0 bridgehead atoms. The van der Waals surface area contributed by atoms with E-state index in [2.05, 4.69) is 5.32 Å². The van der Waals surface area contributed by atoms with E-state index >= 15 is 0 Å². The van der Waals surface area contributed by atoms with Gasteiger partial charge in [0.2, 0.25) is 5.91 Å². The van der Waals surface area contributed by atoms with E-state index in [0.717, 1.165) is 5.56 Å². The number of aromatic hydroxyl groups is 1. The number of benzene rings is 2. The Bertz CT molecular complexity index is 712. The third-order valence-corrected chi connectivity index (χ3v) is 4.11. The zero-order chi connectivity index (χ0) is 18.2. The first-order valence-corrected chi connectivity index (χ1v) is 8.48. The third kappa shape index (κ3) is 4.83. The summed E-state index contributed by atoms with van der Waals surface area (Å²) >= 11 is 0. The Kier molecular flexibility index (Phi) is 6.57. The van der Waals surface area contributed by atoms with Crippen molar-refractivity contribution < 1.29 is 14.7 Å². The zero-order valence-electron chi connectivity index (χ0n) is 14.6. The van der Waals surface area contributed by atoms with Crippen molar-refractivity contribution in [1.82, 2.24) is 10.2 Å². The molecular weight excluding hydrogens is 316 g/mol. The van der Waals surface area contributed by atoms with E-state index in [4.69, 9.17) is 0 Å². The van der Waals surface area contributed by atoms with Crippen LogP contribution in [0.4, 0.5) is 0 Å². The molecule has 0 aliphatic carbocycles. The largest absolute Gasteiger partial charge is 0.507 e. The maximum absolute atomic E-state index is 12.8. The second-order valence-electron chi connectivity index (χ2n) is 5.74. The van der Waals surface area contributed by atoms with Crippen LogP contribution in [0.15, 0.2) is 54.6 Å².